The van der Waals surface area contributed by atoms with Crippen LogP contribution in [0.4, 0.5) is 26.3 Å². The molecule has 0 amide bonds. The quantitative estimate of drug-likeness (QED) is 0.571. The van der Waals surface area contributed by atoms with E-state index in [2.05, 4.69) is 0 Å². The fraction of sp³-hybridized carbons (Fsp3) is 0.250. The number of rotatable bonds is 3. The summed E-state index contributed by atoms with van der Waals surface area (Å²) in [5, 5.41) is -6.95. The van der Waals surface area contributed by atoms with Gasteiger partial charge in [-0.15, -0.1) is 0 Å². The Labute approximate surface area is 123 Å². The van der Waals surface area contributed by atoms with Gasteiger partial charge >= 0.3 is 35.3 Å². The average molecular weight is 407 g/mol. The lowest BCUT2D eigenvalue weighted by molar-refractivity contribution is -0.0417. The van der Waals surface area contributed by atoms with Crippen LogP contribution in [0.25, 0.3) is 0 Å². The van der Waals surface area contributed by atoms with Crippen LogP contribution in [-0.4, -0.2) is 27.9 Å². The summed E-state index contributed by atoms with van der Waals surface area (Å²) < 4.78 is 123. The summed E-state index contributed by atoms with van der Waals surface area (Å²) in [5.41, 5.74) is -12.3. The van der Waals surface area contributed by atoms with Crippen molar-refractivity contribution in [1.82, 2.24) is 0 Å². The predicted molar refractivity (Wildman–Crippen MR) is 72.7 cm³/mol. The Bertz CT molecular complexity index is 710. The molecule has 0 bridgehead atoms. The van der Waals surface area contributed by atoms with Crippen LogP contribution >= 0.6 is 14.3 Å². The third-order valence-electron chi connectivity index (χ3n) is 2.42. The summed E-state index contributed by atoms with van der Waals surface area (Å²) in [6, 6.07) is 4.23. The van der Waals surface area contributed by atoms with E-state index in [0.717, 1.165) is 21.1 Å². The first-order valence-corrected chi connectivity index (χ1v) is 12.6. The summed E-state index contributed by atoms with van der Waals surface area (Å²) in [5.74, 6) is 0. The van der Waals surface area contributed by atoms with E-state index in [1.807, 2.05) is 0 Å². The molecule has 0 aliphatic heterocycles. The first kappa shape index (κ1) is 19.6. The SMILES string of the molecule is O=S(=O)(C(F)(F)F)[P+](P)(c1ccccc1)S(=O)(=O)C(F)(F)F. The second-order valence-corrected chi connectivity index (χ2v) is 19.9. The van der Waals surface area contributed by atoms with Crippen LogP contribution in [-0.2, 0) is 18.9 Å². The first-order chi connectivity index (χ1) is 9.61. The number of halogens is 6. The molecule has 0 saturated heterocycles. The second kappa shape index (κ2) is 5.58. The normalized spacial score (nSPS) is 14.9. The van der Waals surface area contributed by atoms with Crippen LogP contribution in [0.3, 0.4) is 0 Å². The smallest absolute Gasteiger partial charge is 0.178 e. The molecule has 22 heavy (non-hydrogen) atoms. The average Bonchev–Trinajstić information content (AvgIpc) is 2.35. The molecule has 0 aliphatic rings. The van der Waals surface area contributed by atoms with Gasteiger partial charge in [0.25, 0.3) is 0 Å². The van der Waals surface area contributed by atoms with Crippen molar-refractivity contribution in [3.05, 3.63) is 30.3 Å². The Morgan fingerprint density at radius 2 is 1.09 bits per heavy atom. The van der Waals surface area contributed by atoms with E-state index in [1.54, 1.807) is 0 Å². The third kappa shape index (κ3) is 2.74. The van der Waals surface area contributed by atoms with E-state index < -0.39 is 40.6 Å². The van der Waals surface area contributed by atoms with Crippen molar-refractivity contribution in [2.45, 2.75) is 11.0 Å². The molecular weight excluding hydrogens is 400 g/mol. The van der Waals surface area contributed by atoms with Gasteiger partial charge in [-0.1, -0.05) is 18.2 Å². The highest BCUT2D eigenvalue weighted by Crippen LogP contribution is 2.80. The molecule has 1 atom stereocenters. The molecule has 0 spiro atoms. The molecule has 0 fully saturated rings. The molecule has 1 rings (SSSR count). The van der Waals surface area contributed by atoms with Gasteiger partial charge in [0.1, 0.15) is 5.30 Å². The fourth-order valence-corrected chi connectivity index (χ4v) is 14.9. The van der Waals surface area contributed by atoms with Gasteiger partial charge in [-0.25, -0.2) is 0 Å². The van der Waals surface area contributed by atoms with E-state index in [0.29, 0.717) is 12.1 Å². The molecule has 1 aromatic carbocycles. The molecule has 0 saturated carbocycles. The summed E-state index contributed by atoms with van der Waals surface area (Å²) in [6.45, 7) is 0. The molecular formula is C8H7F6O4P2S2+. The van der Waals surface area contributed by atoms with Gasteiger partial charge in [0.05, 0.1) is 8.93 Å². The predicted octanol–water partition coefficient (Wildman–Crippen LogP) is 2.82. The van der Waals surface area contributed by atoms with Crippen molar-refractivity contribution < 1.29 is 43.2 Å². The first-order valence-electron chi connectivity index (χ1n) is 4.97. The van der Waals surface area contributed by atoms with Crippen molar-refractivity contribution in [3.8, 4) is 0 Å². The van der Waals surface area contributed by atoms with E-state index >= 15 is 0 Å². The number of hydrogen-bond donors (Lipinski definition) is 0. The number of hydrogen-bond acceptors (Lipinski definition) is 4. The minimum Gasteiger partial charge on any atom is -0.178 e. The highest BCUT2D eigenvalue weighted by Gasteiger charge is 2.78. The maximum atomic E-state index is 12.7. The van der Waals surface area contributed by atoms with Crippen LogP contribution in [0.1, 0.15) is 0 Å². The topological polar surface area (TPSA) is 68.3 Å². The standard InChI is InChI=1S/C8H7F6O4P2S2/c9-7(10,11)21(15,16)20(19,6-4-2-1-3-5-6)22(17,18)8(12,13)14/h1-5H,19H2/q+1. The van der Waals surface area contributed by atoms with Crippen LogP contribution in [0.2, 0.25) is 0 Å². The molecule has 4 nitrogen and oxygen atoms in total. The molecule has 0 aromatic heterocycles. The van der Waals surface area contributed by atoms with Crippen molar-refractivity contribution in [1.29, 1.82) is 0 Å². The van der Waals surface area contributed by atoms with Gasteiger partial charge in [-0.3, -0.25) is 0 Å². The van der Waals surface area contributed by atoms with Gasteiger partial charge in [-0.05, 0) is 12.1 Å². The summed E-state index contributed by atoms with van der Waals surface area (Å²) in [4.78, 5) is 0. The number of alkyl halides is 6. The Morgan fingerprint density at radius 3 is 1.36 bits per heavy atom. The van der Waals surface area contributed by atoms with Gasteiger partial charge in [-0.2, -0.15) is 43.2 Å². The molecule has 1 aromatic rings. The highest BCUT2D eigenvalue weighted by molar-refractivity contribution is 9.05. The maximum Gasteiger partial charge on any atom is 0.532 e. The zero-order valence-corrected chi connectivity index (χ0v) is 13.8. The van der Waals surface area contributed by atoms with Crippen LogP contribution in [0, 0.1) is 0 Å². The maximum absolute atomic E-state index is 12.7. The molecule has 126 valence electrons. The van der Waals surface area contributed by atoms with Crippen molar-refractivity contribution in [2.75, 3.05) is 0 Å². The Hall–Kier alpha value is -0.440. The number of benzene rings is 1. The largest absolute Gasteiger partial charge is 0.532 e. The summed E-state index contributed by atoms with van der Waals surface area (Å²) >= 11 is 0. The molecule has 0 aliphatic carbocycles. The fourth-order valence-electron chi connectivity index (χ4n) is 1.35. The zero-order valence-electron chi connectivity index (χ0n) is 10.1. The molecule has 14 heteroatoms. The summed E-state index contributed by atoms with van der Waals surface area (Å²) in [6.07, 6.45) is 0. The van der Waals surface area contributed by atoms with Crippen molar-refractivity contribution >= 4 is 38.5 Å². The minimum atomic E-state index is -6.67. The van der Waals surface area contributed by atoms with Crippen molar-refractivity contribution in [3.63, 3.8) is 0 Å². The van der Waals surface area contributed by atoms with Gasteiger partial charge in [0, 0.05) is 0 Å². The van der Waals surface area contributed by atoms with Crippen LogP contribution < -0.4 is 5.30 Å². The Kier molecular flexibility index (Phi) is 4.97. The van der Waals surface area contributed by atoms with E-state index in [9.17, 15) is 43.2 Å². The lowest BCUT2D eigenvalue weighted by Crippen LogP contribution is -2.37. The molecule has 1 unspecified atom stereocenters. The zero-order chi connectivity index (χ0) is 17.6. The monoisotopic (exact) mass is 407 g/mol. The van der Waals surface area contributed by atoms with Gasteiger partial charge in [0.2, 0.25) is 0 Å². The van der Waals surface area contributed by atoms with Gasteiger partial charge < -0.3 is 0 Å². The van der Waals surface area contributed by atoms with E-state index in [4.69, 9.17) is 0 Å². The molecule has 0 N–H and O–H groups in total. The Morgan fingerprint density at radius 1 is 0.773 bits per heavy atom. The Balaban J connectivity index is 3.95. The molecule has 0 radical (unpaired) electrons. The van der Waals surface area contributed by atoms with Crippen LogP contribution in [0.5, 0.6) is 0 Å². The summed E-state index contributed by atoms with van der Waals surface area (Å²) in [7, 11) is -12.5. The highest BCUT2D eigenvalue weighted by atomic mass is 33.3. The van der Waals surface area contributed by atoms with Crippen molar-refractivity contribution in [2.24, 2.45) is 0 Å². The molecule has 0 heterocycles. The second-order valence-electron chi connectivity index (χ2n) is 3.77. The lowest BCUT2D eigenvalue weighted by Gasteiger charge is -2.23. The van der Waals surface area contributed by atoms with E-state index in [1.165, 1.54) is 6.07 Å². The van der Waals surface area contributed by atoms with Gasteiger partial charge in [0.15, 0.2) is 0 Å². The lowest BCUT2D eigenvalue weighted by atomic mass is 10.4. The minimum absolute atomic E-state index is 0.591. The van der Waals surface area contributed by atoms with E-state index in [-0.39, 0.29) is 0 Å². The third-order valence-corrected chi connectivity index (χ3v) is 22.2. The van der Waals surface area contributed by atoms with Crippen LogP contribution in [0.15, 0.2) is 30.3 Å².